The Morgan fingerprint density at radius 3 is 2.67 bits per heavy atom. The normalized spacial score (nSPS) is 23.7. The van der Waals surface area contributed by atoms with Crippen molar-refractivity contribution in [3.8, 4) is 0 Å². The van der Waals surface area contributed by atoms with E-state index in [0.29, 0.717) is 5.92 Å². The molecule has 0 aliphatic heterocycles. The van der Waals surface area contributed by atoms with E-state index in [-0.39, 0.29) is 0 Å². The smallest absolute Gasteiger partial charge is 0.00587 e. The van der Waals surface area contributed by atoms with Crippen molar-refractivity contribution in [3.05, 3.63) is 58.7 Å². The first-order chi connectivity index (χ1) is 7.33. The first kappa shape index (κ1) is 8.96. The molecule has 0 heteroatoms. The second kappa shape index (κ2) is 3.37. The summed E-state index contributed by atoms with van der Waals surface area (Å²) >= 11 is 0. The van der Waals surface area contributed by atoms with E-state index >= 15 is 0 Å². The molecule has 1 aromatic carbocycles. The Hall–Kier alpha value is -1.30. The van der Waals surface area contributed by atoms with E-state index in [0.717, 1.165) is 0 Å². The monoisotopic (exact) mass is 196 g/mol. The van der Waals surface area contributed by atoms with Gasteiger partial charge in [-0.2, -0.15) is 0 Å². The van der Waals surface area contributed by atoms with Crippen LogP contribution >= 0.6 is 0 Å². The van der Waals surface area contributed by atoms with Gasteiger partial charge in [0.05, 0.1) is 0 Å². The van der Waals surface area contributed by atoms with Gasteiger partial charge >= 0.3 is 0 Å². The Bertz CT molecular complexity index is 449. The van der Waals surface area contributed by atoms with Crippen LogP contribution in [0.2, 0.25) is 0 Å². The zero-order valence-corrected chi connectivity index (χ0v) is 9.16. The molecule has 15 heavy (non-hydrogen) atoms. The van der Waals surface area contributed by atoms with Crippen LogP contribution in [0.3, 0.4) is 0 Å². The summed E-state index contributed by atoms with van der Waals surface area (Å²) in [4.78, 5) is 0. The Morgan fingerprint density at radius 2 is 2.00 bits per heavy atom. The zero-order valence-electron chi connectivity index (χ0n) is 9.16. The average molecular weight is 196 g/mol. The van der Waals surface area contributed by atoms with Crippen molar-refractivity contribution in [2.75, 3.05) is 0 Å². The molecule has 76 valence electrons. The van der Waals surface area contributed by atoms with Gasteiger partial charge in [-0.1, -0.05) is 42.0 Å². The number of allylic oxidation sites excluding steroid dienone is 4. The minimum absolute atomic E-state index is 0.629. The third-order valence-electron chi connectivity index (χ3n) is 3.57. The fourth-order valence-electron chi connectivity index (χ4n) is 2.55. The minimum Gasteiger partial charge on any atom is -0.0801 e. The largest absolute Gasteiger partial charge is 0.0801 e. The first-order valence-corrected chi connectivity index (χ1v) is 5.79. The first-order valence-electron chi connectivity index (χ1n) is 5.79. The summed E-state index contributed by atoms with van der Waals surface area (Å²) in [7, 11) is 0. The molecule has 0 bridgehead atoms. The Kier molecular flexibility index (Phi) is 2.02. The van der Waals surface area contributed by atoms with Crippen LogP contribution in [0, 0.1) is 6.92 Å². The number of benzene rings is 1. The van der Waals surface area contributed by atoms with Gasteiger partial charge in [-0.05, 0) is 42.9 Å². The SMILES string of the molecule is Cc1cccc(C2C=C3CCC3=CC2)c1. The van der Waals surface area contributed by atoms with Gasteiger partial charge in [-0.3, -0.25) is 0 Å². The molecule has 0 aromatic heterocycles. The van der Waals surface area contributed by atoms with E-state index < -0.39 is 0 Å². The van der Waals surface area contributed by atoms with E-state index in [2.05, 4.69) is 43.3 Å². The molecule has 1 atom stereocenters. The third kappa shape index (κ3) is 1.54. The van der Waals surface area contributed by atoms with Gasteiger partial charge in [0.25, 0.3) is 0 Å². The predicted molar refractivity (Wildman–Crippen MR) is 63.9 cm³/mol. The van der Waals surface area contributed by atoms with Crippen molar-refractivity contribution < 1.29 is 0 Å². The van der Waals surface area contributed by atoms with Crippen LogP contribution in [0.5, 0.6) is 0 Å². The van der Waals surface area contributed by atoms with Gasteiger partial charge in [-0.15, -0.1) is 0 Å². The van der Waals surface area contributed by atoms with Gasteiger partial charge in [-0.25, -0.2) is 0 Å². The molecule has 1 saturated carbocycles. The van der Waals surface area contributed by atoms with Crippen molar-refractivity contribution >= 4 is 0 Å². The molecule has 1 aromatic rings. The van der Waals surface area contributed by atoms with Crippen LogP contribution in [0.15, 0.2) is 47.6 Å². The number of rotatable bonds is 1. The van der Waals surface area contributed by atoms with E-state index in [9.17, 15) is 0 Å². The van der Waals surface area contributed by atoms with Crippen molar-refractivity contribution in [2.24, 2.45) is 0 Å². The lowest BCUT2D eigenvalue weighted by Crippen LogP contribution is -2.10. The van der Waals surface area contributed by atoms with Gasteiger partial charge < -0.3 is 0 Å². The molecule has 1 unspecified atom stereocenters. The summed E-state index contributed by atoms with van der Waals surface area (Å²) < 4.78 is 0. The minimum atomic E-state index is 0.629. The maximum absolute atomic E-state index is 2.48. The summed E-state index contributed by atoms with van der Waals surface area (Å²) in [6.07, 6.45) is 8.72. The number of aryl methyl sites for hydroxylation is 1. The molecule has 0 N–H and O–H groups in total. The Labute approximate surface area is 91.3 Å². The summed E-state index contributed by atoms with van der Waals surface area (Å²) in [5.74, 6) is 0.629. The van der Waals surface area contributed by atoms with Gasteiger partial charge in [0, 0.05) is 5.92 Å². The van der Waals surface area contributed by atoms with Crippen molar-refractivity contribution in [2.45, 2.75) is 32.1 Å². The van der Waals surface area contributed by atoms with Crippen molar-refractivity contribution in [1.82, 2.24) is 0 Å². The summed E-state index contributed by atoms with van der Waals surface area (Å²) in [6.45, 7) is 2.17. The van der Waals surface area contributed by atoms with E-state index in [1.807, 2.05) is 0 Å². The molecule has 0 saturated heterocycles. The molecule has 0 radical (unpaired) electrons. The fourth-order valence-corrected chi connectivity index (χ4v) is 2.55. The van der Waals surface area contributed by atoms with Gasteiger partial charge in [0.15, 0.2) is 0 Å². The summed E-state index contributed by atoms with van der Waals surface area (Å²) in [6, 6.07) is 8.92. The lowest BCUT2D eigenvalue weighted by Gasteiger charge is -2.29. The number of hydrogen-bond donors (Lipinski definition) is 0. The van der Waals surface area contributed by atoms with Crippen LogP contribution in [-0.4, -0.2) is 0 Å². The van der Waals surface area contributed by atoms with Crippen molar-refractivity contribution in [3.63, 3.8) is 0 Å². The number of fused-ring (bicyclic) bond motifs is 1. The lowest BCUT2D eigenvalue weighted by molar-refractivity contribution is 0.731. The second-order valence-corrected chi connectivity index (χ2v) is 4.68. The standard InChI is InChI=1S/C15H16/c1-11-3-2-4-13(9-11)15-8-6-12-5-7-14(12)10-15/h2-4,6,9-10,15H,5,7-8H2,1H3. The molecule has 1 fully saturated rings. The van der Waals surface area contributed by atoms with Crippen LogP contribution < -0.4 is 0 Å². The predicted octanol–water partition coefficient (Wildman–Crippen LogP) is 4.13. The molecule has 3 rings (SSSR count). The molecule has 0 amide bonds. The molecule has 0 spiro atoms. The van der Waals surface area contributed by atoms with E-state index in [1.165, 1.54) is 30.4 Å². The molecule has 0 nitrogen and oxygen atoms in total. The zero-order chi connectivity index (χ0) is 10.3. The van der Waals surface area contributed by atoms with Gasteiger partial charge in [0.1, 0.15) is 0 Å². The lowest BCUT2D eigenvalue weighted by atomic mass is 9.76. The summed E-state index contributed by atoms with van der Waals surface area (Å²) in [5.41, 5.74) is 6.06. The van der Waals surface area contributed by atoms with E-state index in [4.69, 9.17) is 0 Å². The molecular formula is C15H16. The van der Waals surface area contributed by atoms with Crippen LogP contribution in [0.4, 0.5) is 0 Å². The third-order valence-corrected chi connectivity index (χ3v) is 3.57. The van der Waals surface area contributed by atoms with Crippen LogP contribution in [0.25, 0.3) is 0 Å². The highest BCUT2D eigenvalue weighted by Gasteiger charge is 2.22. The summed E-state index contributed by atoms with van der Waals surface area (Å²) in [5, 5.41) is 0. The Morgan fingerprint density at radius 1 is 1.13 bits per heavy atom. The topological polar surface area (TPSA) is 0 Å². The quantitative estimate of drug-likeness (QED) is 0.633. The molecule has 2 aliphatic carbocycles. The van der Waals surface area contributed by atoms with Crippen LogP contribution in [-0.2, 0) is 0 Å². The molecule has 2 aliphatic rings. The highest BCUT2D eigenvalue weighted by Crippen LogP contribution is 2.41. The van der Waals surface area contributed by atoms with E-state index in [1.54, 1.807) is 11.1 Å². The highest BCUT2D eigenvalue weighted by molar-refractivity contribution is 5.45. The molecule has 0 heterocycles. The molecular weight excluding hydrogens is 180 g/mol. The highest BCUT2D eigenvalue weighted by atomic mass is 14.3. The fraction of sp³-hybridized carbons (Fsp3) is 0.333. The van der Waals surface area contributed by atoms with Crippen LogP contribution in [0.1, 0.15) is 36.3 Å². The maximum Gasteiger partial charge on any atom is 0.00587 e. The Balaban J connectivity index is 1.90. The van der Waals surface area contributed by atoms with Crippen molar-refractivity contribution in [1.29, 1.82) is 0 Å². The second-order valence-electron chi connectivity index (χ2n) is 4.68. The number of hydrogen-bond acceptors (Lipinski definition) is 0. The van der Waals surface area contributed by atoms with Gasteiger partial charge in [0.2, 0.25) is 0 Å². The maximum atomic E-state index is 2.48. The average Bonchev–Trinajstić information content (AvgIpc) is 2.20.